The number of carboxylic acids is 1. The Morgan fingerprint density at radius 2 is 1.20 bits per heavy atom. The third kappa shape index (κ3) is 27.2. The number of allylic oxidation sites excluding steroid dienone is 1. The molecule has 0 bridgehead atoms. The predicted octanol–water partition coefficient (Wildman–Crippen LogP) is 7.14. The molecule has 0 saturated carbocycles. The van der Waals surface area contributed by atoms with Gasteiger partial charge < -0.3 is 25.6 Å². The highest BCUT2D eigenvalue weighted by molar-refractivity contribution is 5.87. The number of aliphatic hydroxyl groups is 1. The molecule has 0 aromatic heterocycles. The average molecular weight is 625 g/mol. The van der Waals surface area contributed by atoms with Crippen molar-refractivity contribution in [1.82, 2.24) is 10.6 Å². The monoisotopic (exact) mass is 624 g/mol. The molecule has 0 heterocycles. The highest BCUT2D eigenvalue weighted by atomic mass is 16.5. The van der Waals surface area contributed by atoms with Crippen LogP contribution in [-0.2, 0) is 23.9 Å². The number of nitrogens with one attached hydrogen (secondary N) is 2. The van der Waals surface area contributed by atoms with E-state index in [0.29, 0.717) is 19.3 Å². The summed E-state index contributed by atoms with van der Waals surface area (Å²) in [5, 5.41) is 22.4. The Morgan fingerprint density at radius 3 is 1.77 bits per heavy atom. The number of hydrogen-bond donors (Lipinski definition) is 4. The summed E-state index contributed by atoms with van der Waals surface area (Å²) >= 11 is 0. The minimum absolute atomic E-state index is 0.0846. The second kappa shape index (κ2) is 30.6. The summed E-state index contributed by atoms with van der Waals surface area (Å²) in [5.74, 6) is -2.33. The molecule has 2 unspecified atom stereocenters. The molecular weight excluding hydrogens is 560 g/mol. The van der Waals surface area contributed by atoms with Crippen LogP contribution in [0.4, 0.5) is 0 Å². The first-order valence-corrected chi connectivity index (χ1v) is 17.6. The maximum absolute atomic E-state index is 12.5. The quantitative estimate of drug-likeness (QED) is 0.0365. The van der Waals surface area contributed by atoms with Crippen LogP contribution in [0.15, 0.2) is 12.2 Å². The molecule has 0 aliphatic rings. The molecule has 0 aromatic carbocycles. The molecule has 4 N–H and O–H groups in total. The number of aliphatic hydroxyl groups excluding tert-OH is 1. The summed E-state index contributed by atoms with van der Waals surface area (Å²) in [4.78, 5) is 47.0. The fraction of sp³-hybridized carbons (Fsp3) is 0.829. The van der Waals surface area contributed by atoms with Gasteiger partial charge in [-0.3, -0.25) is 14.4 Å². The van der Waals surface area contributed by atoms with E-state index in [0.717, 1.165) is 57.8 Å². The van der Waals surface area contributed by atoms with Crippen molar-refractivity contribution >= 4 is 23.8 Å². The van der Waals surface area contributed by atoms with Crippen molar-refractivity contribution in [2.75, 3.05) is 13.2 Å². The number of amides is 2. The normalized spacial score (nSPS) is 12.6. The number of unbranched alkanes of at least 4 members (excludes halogenated alkanes) is 17. The third-order valence-electron chi connectivity index (χ3n) is 7.75. The maximum Gasteiger partial charge on any atom is 0.328 e. The predicted molar refractivity (Wildman–Crippen MR) is 176 cm³/mol. The average Bonchev–Trinajstić information content (AvgIpc) is 3.00. The molecular formula is C35H64N2O7. The number of carbonyl (C=O) groups is 4. The van der Waals surface area contributed by atoms with Gasteiger partial charge in [-0.1, -0.05) is 116 Å². The van der Waals surface area contributed by atoms with Gasteiger partial charge in [0.1, 0.15) is 12.1 Å². The number of aliphatic carboxylic acids is 1. The van der Waals surface area contributed by atoms with Crippen LogP contribution in [0.25, 0.3) is 0 Å². The molecule has 0 spiro atoms. The van der Waals surface area contributed by atoms with Crippen molar-refractivity contribution < 1.29 is 34.1 Å². The molecule has 0 radical (unpaired) electrons. The Morgan fingerprint density at radius 1 is 0.682 bits per heavy atom. The van der Waals surface area contributed by atoms with Gasteiger partial charge in [0.05, 0.1) is 13.2 Å². The Hall–Kier alpha value is -2.42. The Balaban J connectivity index is 4.23. The minimum Gasteiger partial charge on any atom is -0.480 e. The molecule has 256 valence electrons. The van der Waals surface area contributed by atoms with Gasteiger partial charge in [-0.05, 0) is 44.6 Å². The largest absolute Gasteiger partial charge is 0.480 e. The van der Waals surface area contributed by atoms with E-state index in [9.17, 15) is 19.2 Å². The fourth-order valence-corrected chi connectivity index (χ4v) is 4.98. The van der Waals surface area contributed by atoms with E-state index in [1.54, 1.807) is 0 Å². The van der Waals surface area contributed by atoms with E-state index in [1.807, 2.05) is 0 Å². The van der Waals surface area contributed by atoms with Crippen LogP contribution in [0.1, 0.15) is 162 Å². The van der Waals surface area contributed by atoms with E-state index >= 15 is 0 Å². The first kappa shape index (κ1) is 41.6. The van der Waals surface area contributed by atoms with Gasteiger partial charge in [0, 0.05) is 12.8 Å². The zero-order valence-corrected chi connectivity index (χ0v) is 27.9. The van der Waals surface area contributed by atoms with Crippen LogP contribution < -0.4 is 10.6 Å². The van der Waals surface area contributed by atoms with E-state index in [4.69, 9.17) is 14.9 Å². The topological polar surface area (TPSA) is 142 Å². The molecule has 9 heteroatoms. The maximum atomic E-state index is 12.5. The molecule has 0 saturated heterocycles. The highest BCUT2D eigenvalue weighted by Crippen LogP contribution is 2.15. The second-order valence-electron chi connectivity index (χ2n) is 12.0. The van der Waals surface area contributed by atoms with Crippen LogP contribution in [0.5, 0.6) is 0 Å². The number of carbonyl (C=O) groups excluding carboxylic acids is 3. The van der Waals surface area contributed by atoms with Gasteiger partial charge in [0.15, 0.2) is 0 Å². The summed E-state index contributed by atoms with van der Waals surface area (Å²) in [5.41, 5.74) is 0. The lowest BCUT2D eigenvalue weighted by molar-refractivity contribution is -0.147. The zero-order valence-electron chi connectivity index (χ0n) is 27.9. The molecule has 2 amide bonds. The van der Waals surface area contributed by atoms with E-state index < -0.39 is 24.5 Å². The SMILES string of the molecule is CCCCCCCC/C=C\C(CCCCCCCCC(=O)NCC(=O)NC(CO)C(=O)O)OC(=O)CCCCCCCCC. The number of hydrogen-bond acceptors (Lipinski definition) is 6. The summed E-state index contributed by atoms with van der Waals surface area (Å²) in [7, 11) is 0. The van der Waals surface area contributed by atoms with Crippen molar-refractivity contribution in [2.24, 2.45) is 0 Å². The molecule has 0 aliphatic carbocycles. The fourth-order valence-electron chi connectivity index (χ4n) is 4.98. The number of carboxylic acid groups (broad SMARTS) is 1. The lowest BCUT2D eigenvalue weighted by Gasteiger charge is -2.15. The van der Waals surface area contributed by atoms with Gasteiger partial charge in [-0.15, -0.1) is 0 Å². The van der Waals surface area contributed by atoms with Crippen LogP contribution in [0.3, 0.4) is 0 Å². The summed E-state index contributed by atoms with van der Waals surface area (Å²) in [6, 6.07) is -1.38. The van der Waals surface area contributed by atoms with Gasteiger partial charge in [0.25, 0.3) is 0 Å². The number of ether oxygens (including phenoxy) is 1. The van der Waals surface area contributed by atoms with E-state index in [-0.39, 0.29) is 24.5 Å². The molecule has 2 atom stereocenters. The highest BCUT2D eigenvalue weighted by Gasteiger charge is 2.18. The van der Waals surface area contributed by atoms with Crippen molar-refractivity contribution in [3.8, 4) is 0 Å². The van der Waals surface area contributed by atoms with E-state index in [2.05, 4.69) is 36.6 Å². The summed E-state index contributed by atoms with van der Waals surface area (Å²) in [6.07, 6.45) is 28.3. The third-order valence-corrected chi connectivity index (χ3v) is 7.75. The lowest BCUT2D eigenvalue weighted by atomic mass is 10.0. The minimum atomic E-state index is -1.38. The smallest absolute Gasteiger partial charge is 0.328 e. The Labute approximate surface area is 267 Å². The number of rotatable bonds is 31. The molecule has 9 nitrogen and oxygen atoms in total. The van der Waals surface area contributed by atoms with Crippen molar-refractivity contribution in [3.63, 3.8) is 0 Å². The van der Waals surface area contributed by atoms with Crippen LogP contribution >= 0.6 is 0 Å². The van der Waals surface area contributed by atoms with Crippen molar-refractivity contribution in [1.29, 1.82) is 0 Å². The van der Waals surface area contributed by atoms with Gasteiger partial charge in [-0.2, -0.15) is 0 Å². The first-order valence-electron chi connectivity index (χ1n) is 17.6. The Bertz CT molecular complexity index is 772. The van der Waals surface area contributed by atoms with Crippen LogP contribution in [0.2, 0.25) is 0 Å². The van der Waals surface area contributed by atoms with Crippen LogP contribution in [-0.4, -0.2) is 59.3 Å². The number of esters is 1. The van der Waals surface area contributed by atoms with E-state index in [1.165, 1.54) is 70.6 Å². The summed E-state index contributed by atoms with van der Waals surface area (Å²) < 4.78 is 5.87. The molecule has 44 heavy (non-hydrogen) atoms. The van der Waals surface area contributed by atoms with Crippen molar-refractivity contribution in [2.45, 2.75) is 174 Å². The molecule has 0 aromatic rings. The lowest BCUT2D eigenvalue weighted by Crippen LogP contribution is -2.47. The van der Waals surface area contributed by atoms with Crippen LogP contribution in [0, 0.1) is 0 Å². The zero-order chi connectivity index (χ0) is 32.7. The summed E-state index contributed by atoms with van der Waals surface area (Å²) in [6.45, 7) is 3.42. The standard InChI is InChI=1S/C35H64N2O7/c1-3-5-7-9-11-13-16-20-24-30(44-34(41)27-23-19-12-10-8-6-4-2)25-21-17-14-15-18-22-26-32(39)36-28-33(40)37-31(29-38)35(42)43/h20,24,30-31,38H,3-19,21-23,25-29H2,1-2H3,(H,36,39)(H,37,40)(H,42,43)/b24-20-. The van der Waals surface area contributed by atoms with Crippen molar-refractivity contribution in [3.05, 3.63) is 12.2 Å². The Kier molecular flexibility index (Phi) is 28.9. The molecule has 0 aliphatic heterocycles. The van der Waals surface area contributed by atoms with Gasteiger partial charge in [0.2, 0.25) is 11.8 Å². The first-order chi connectivity index (χ1) is 21.3. The molecule has 0 rings (SSSR count). The molecule has 0 fully saturated rings. The van der Waals surface area contributed by atoms with Gasteiger partial charge in [-0.25, -0.2) is 4.79 Å². The second-order valence-corrected chi connectivity index (χ2v) is 12.0. The van der Waals surface area contributed by atoms with Gasteiger partial charge >= 0.3 is 11.9 Å².